The summed E-state index contributed by atoms with van der Waals surface area (Å²) in [5.41, 5.74) is 0.588. The predicted molar refractivity (Wildman–Crippen MR) is 116 cm³/mol. The molecule has 1 saturated heterocycles. The average Bonchev–Trinajstić information content (AvgIpc) is 3.04. The number of ether oxygens (including phenoxy) is 2. The summed E-state index contributed by atoms with van der Waals surface area (Å²) in [5.74, 6) is -1.36. The molecule has 0 spiro atoms. The molecule has 3 rings (SSSR count). The maximum absolute atomic E-state index is 13.0. The molecule has 0 saturated carbocycles. The Labute approximate surface area is 185 Å². The third-order valence-corrected chi connectivity index (χ3v) is 5.12. The van der Waals surface area contributed by atoms with E-state index in [9.17, 15) is 24.8 Å². The number of carbonyl (C=O) groups is 2. The van der Waals surface area contributed by atoms with Crippen molar-refractivity contribution in [3.63, 3.8) is 0 Å². The summed E-state index contributed by atoms with van der Waals surface area (Å²) in [6.45, 7) is 2.94. The second kappa shape index (κ2) is 10.1. The number of nitrogens with zero attached hydrogens (tertiary/aromatic N) is 2. The highest BCUT2D eigenvalue weighted by molar-refractivity contribution is 6.46. The first kappa shape index (κ1) is 23.0. The Balaban J connectivity index is 2.11. The van der Waals surface area contributed by atoms with E-state index in [0.717, 1.165) is 0 Å². The molecule has 1 atom stereocenters. The van der Waals surface area contributed by atoms with Crippen molar-refractivity contribution in [2.75, 3.05) is 26.9 Å². The fourth-order valence-electron chi connectivity index (χ4n) is 3.67. The molecule has 0 bridgehead atoms. The SMILES string of the molecule is CCOc1cccc(C2/C(=C(\O)c3ccc([N+](=O)[O-])cc3)C(=O)C(=O)N2CCCOC)c1. The topological polar surface area (TPSA) is 119 Å². The molecule has 0 radical (unpaired) electrons. The Morgan fingerprint density at radius 1 is 1.19 bits per heavy atom. The van der Waals surface area contributed by atoms with E-state index >= 15 is 0 Å². The van der Waals surface area contributed by atoms with Gasteiger partial charge in [0, 0.05) is 38.0 Å². The number of non-ortho nitro benzene ring substituents is 1. The van der Waals surface area contributed by atoms with Crippen molar-refractivity contribution in [1.29, 1.82) is 0 Å². The molecule has 0 aromatic heterocycles. The van der Waals surface area contributed by atoms with Gasteiger partial charge in [-0.15, -0.1) is 0 Å². The molecule has 2 aromatic carbocycles. The molecule has 168 valence electrons. The summed E-state index contributed by atoms with van der Waals surface area (Å²) in [5, 5.41) is 21.9. The van der Waals surface area contributed by atoms with Crippen LogP contribution in [0, 0.1) is 10.1 Å². The number of rotatable bonds is 9. The number of likely N-dealkylation sites (tertiary alicyclic amines) is 1. The molecule has 9 nitrogen and oxygen atoms in total. The van der Waals surface area contributed by atoms with E-state index in [1.807, 2.05) is 6.92 Å². The first-order valence-corrected chi connectivity index (χ1v) is 10.1. The van der Waals surface area contributed by atoms with Crippen molar-refractivity contribution in [3.8, 4) is 5.75 Å². The van der Waals surface area contributed by atoms with Gasteiger partial charge in [-0.1, -0.05) is 12.1 Å². The van der Waals surface area contributed by atoms with Crippen molar-refractivity contribution in [2.45, 2.75) is 19.4 Å². The highest BCUT2D eigenvalue weighted by atomic mass is 16.6. The molecule has 2 aromatic rings. The van der Waals surface area contributed by atoms with Crippen LogP contribution < -0.4 is 4.74 Å². The van der Waals surface area contributed by atoms with Crippen LogP contribution in [-0.2, 0) is 14.3 Å². The minimum atomic E-state index is -0.831. The van der Waals surface area contributed by atoms with Crippen LogP contribution in [-0.4, -0.2) is 53.5 Å². The summed E-state index contributed by atoms with van der Waals surface area (Å²) in [6.07, 6.45) is 0.503. The maximum Gasteiger partial charge on any atom is 0.295 e. The van der Waals surface area contributed by atoms with Gasteiger partial charge in [-0.2, -0.15) is 0 Å². The van der Waals surface area contributed by atoms with Gasteiger partial charge in [0.1, 0.15) is 11.5 Å². The summed E-state index contributed by atoms with van der Waals surface area (Å²) in [7, 11) is 1.55. The number of hydrogen-bond acceptors (Lipinski definition) is 7. The second-order valence-corrected chi connectivity index (χ2v) is 7.15. The van der Waals surface area contributed by atoms with Crippen molar-refractivity contribution >= 4 is 23.1 Å². The van der Waals surface area contributed by atoms with Crippen LogP contribution in [0.15, 0.2) is 54.1 Å². The lowest BCUT2D eigenvalue weighted by Gasteiger charge is -2.25. The van der Waals surface area contributed by atoms with Gasteiger partial charge in [0.15, 0.2) is 0 Å². The van der Waals surface area contributed by atoms with Crippen LogP contribution in [0.3, 0.4) is 0 Å². The molecular weight excluding hydrogens is 416 g/mol. The van der Waals surface area contributed by atoms with E-state index in [0.29, 0.717) is 30.9 Å². The first-order valence-electron chi connectivity index (χ1n) is 10.1. The summed E-state index contributed by atoms with van der Waals surface area (Å²) < 4.78 is 10.6. The molecule has 1 aliphatic heterocycles. The normalized spacial score (nSPS) is 17.6. The van der Waals surface area contributed by atoms with Gasteiger partial charge in [-0.3, -0.25) is 19.7 Å². The van der Waals surface area contributed by atoms with Crippen LogP contribution in [0.1, 0.15) is 30.5 Å². The minimum Gasteiger partial charge on any atom is -0.507 e. The number of nitro benzene ring substituents is 1. The summed E-state index contributed by atoms with van der Waals surface area (Å²) in [4.78, 5) is 37.6. The van der Waals surface area contributed by atoms with Crippen molar-refractivity contribution < 1.29 is 29.1 Å². The monoisotopic (exact) mass is 440 g/mol. The van der Waals surface area contributed by atoms with Gasteiger partial charge in [0.2, 0.25) is 0 Å². The Bertz CT molecular complexity index is 1050. The van der Waals surface area contributed by atoms with E-state index in [2.05, 4.69) is 0 Å². The molecule has 32 heavy (non-hydrogen) atoms. The van der Waals surface area contributed by atoms with E-state index < -0.39 is 22.7 Å². The zero-order valence-electron chi connectivity index (χ0n) is 17.8. The van der Waals surface area contributed by atoms with E-state index in [1.165, 1.54) is 29.2 Å². The van der Waals surface area contributed by atoms with Crippen LogP contribution >= 0.6 is 0 Å². The van der Waals surface area contributed by atoms with Gasteiger partial charge in [-0.25, -0.2) is 0 Å². The minimum absolute atomic E-state index is 0.0741. The van der Waals surface area contributed by atoms with Gasteiger partial charge in [0.25, 0.3) is 17.4 Å². The molecule has 1 fully saturated rings. The Kier molecular flexibility index (Phi) is 7.21. The Morgan fingerprint density at radius 3 is 2.53 bits per heavy atom. The third kappa shape index (κ3) is 4.62. The lowest BCUT2D eigenvalue weighted by molar-refractivity contribution is -0.384. The number of carbonyl (C=O) groups excluding carboxylic acids is 2. The summed E-state index contributed by atoms with van der Waals surface area (Å²) in [6, 6.07) is 11.3. The van der Waals surface area contributed by atoms with E-state index in [4.69, 9.17) is 9.47 Å². The standard InChI is InChI=1S/C23H24N2O7/c1-3-32-18-7-4-6-16(14-18)20-19(22(27)23(28)24(20)12-5-13-31-2)21(26)15-8-10-17(11-9-15)25(29)30/h4,6-11,14,20,26H,3,5,12-13H2,1-2H3/b21-19+. The molecular formula is C23H24N2O7. The number of benzene rings is 2. The number of nitro groups is 1. The van der Waals surface area contributed by atoms with Gasteiger partial charge < -0.3 is 19.5 Å². The van der Waals surface area contributed by atoms with Crippen molar-refractivity contribution in [2.24, 2.45) is 0 Å². The smallest absolute Gasteiger partial charge is 0.295 e. The fraction of sp³-hybridized carbons (Fsp3) is 0.304. The number of amides is 1. The first-order chi connectivity index (χ1) is 15.4. The molecule has 1 aliphatic rings. The number of Topliss-reactive ketones (excluding diaryl/α,β-unsaturated/α-hetero) is 1. The molecule has 1 N–H and O–H groups in total. The Hall–Kier alpha value is -3.72. The van der Waals surface area contributed by atoms with Crippen LogP contribution in [0.2, 0.25) is 0 Å². The fourth-order valence-corrected chi connectivity index (χ4v) is 3.67. The number of ketones is 1. The number of aliphatic hydroxyl groups excluding tert-OH is 1. The number of aliphatic hydroxyl groups is 1. The molecule has 1 heterocycles. The zero-order valence-corrected chi connectivity index (χ0v) is 17.8. The van der Waals surface area contributed by atoms with Gasteiger partial charge >= 0.3 is 0 Å². The van der Waals surface area contributed by atoms with Crippen LogP contribution in [0.5, 0.6) is 5.75 Å². The zero-order chi connectivity index (χ0) is 23.3. The molecule has 0 aliphatic carbocycles. The van der Waals surface area contributed by atoms with E-state index in [1.54, 1.807) is 31.4 Å². The largest absolute Gasteiger partial charge is 0.507 e. The number of methoxy groups -OCH3 is 1. The van der Waals surface area contributed by atoms with Crippen LogP contribution in [0.25, 0.3) is 5.76 Å². The molecule has 1 amide bonds. The highest BCUT2D eigenvalue weighted by Gasteiger charge is 2.45. The summed E-state index contributed by atoms with van der Waals surface area (Å²) >= 11 is 0. The molecule has 9 heteroatoms. The second-order valence-electron chi connectivity index (χ2n) is 7.15. The van der Waals surface area contributed by atoms with Crippen molar-refractivity contribution in [1.82, 2.24) is 4.90 Å². The Morgan fingerprint density at radius 2 is 1.91 bits per heavy atom. The average molecular weight is 440 g/mol. The lowest BCUT2D eigenvalue weighted by Crippen LogP contribution is -2.31. The highest BCUT2D eigenvalue weighted by Crippen LogP contribution is 2.40. The van der Waals surface area contributed by atoms with Crippen molar-refractivity contribution in [3.05, 3.63) is 75.3 Å². The van der Waals surface area contributed by atoms with Gasteiger partial charge in [0.05, 0.1) is 23.1 Å². The van der Waals surface area contributed by atoms with Gasteiger partial charge in [-0.05, 0) is 43.2 Å². The lowest BCUT2D eigenvalue weighted by atomic mass is 9.95. The predicted octanol–water partition coefficient (Wildman–Crippen LogP) is 3.45. The van der Waals surface area contributed by atoms with E-state index in [-0.39, 0.29) is 29.1 Å². The van der Waals surface area contributed by atoms with Crippen LogP contribution in [0.4, 0.5) is 5.69 Å². The third-order valence-electron chi connectivity index (χ3n) is 5.12. The molecule has 1 unspecified atom stereocenters. The quantitative estimate of drug-likeness (QED) is 0.158. The maximum atomic E-state index is 13.0. The number of hydrogen-bond donors (Lipinski definition) is 1.